The van der Waals surface area contributed by atoms with Gasteiger partial charge in [-0.1, -0.05) is 30.3 Å². The second-order valence-electron chi connectivity index (χ2n) is 6.47. The van der Waals surface area contributed by atoms with Crippen LogP contribution in [0.4, 0.5) is 5.13 Å². The molecule has 24 heavy (non-hydrogen) atoms. The highest BCUT2D eigenvalue weighted by atomic mass is 32.1. The Hall–Kier alpha value is -1.76. The second-order valence-corrected chi connectivity index (χ2v) is 7.56. The Kier molecular flexibility index (Phi) is 4.60. The van der Waals surface area contributed by atoms with Crippen molar-refractivity contribution in [3.63, 3.8) is 0 Å². The number of hydrogen-bond acceptors (Lipinski definition) is 5. The molecule has 1 amide bonds. The minimum Gasteiger partial charge on any atom is -0.306 e. The molecule has 1 aromatic heterocycles. The van der Waals surface area contributed by atoms with Crippen LogP contribution in [-0.4, -0.2) is 34.9 Å². The van der Waals surface area contributed by atoms with E-state index in [0.29, 0.717) is 0 Å². The number of benzene rings is 1. The van der Waals surface area contributed by atoms with Crippen molar-refractivity contribution in [3.05, 3.63) is 46.5 Å². The lowest BCUT2D eigenvalue weighted by atomic mass is 10.1. The topological polar surface area (TPSA) is 57.3 Å². The van der Waals surface area contributed by atoms with Crippen LogP contribution in [0.2, 0.25) is 0 Å². The van der Waals surface area contributed by atoms with Gasteiger partial charge in [0.25, 0.3) is 0 Å². The van der Waals surface area contributed by atoms with E-state index in [1.807, 2.05) is 0 Å². The number of carbonyl (C=O) groups excluding carboxylic acids is 1. The van der Waals surface area contributed by atoms with Gasteiger partial charge in [-0.15, -0.1) is 11.3 Å². The fourth-order valence-electron chi connectivity index (χ4n) is 3.38. The first-order valence-corrected chi connectivity index (χ1v) is 9.39. The molecule has 0 radical (unpaired) electrons. The maximum absolute atomic E-state index is 12.2. The standard InChI is InChI=1S/C18H22N4OS/c23-17(15-7-4-9-19-15)21-18-20-14-8-10-22(12-16(14)24-18)11-13-5-2-1-3-6-13/h1-3,5-6,15,19H,4,7-12H2,(H,20,21,23). The molecule has 1 atom stereocenters. The number of hydrogen-bond donors (Lipinski definition) is 2. The number of nitrogens with zero attached hydrogens (tertiary/aromatic N) is 2. The van der Waals surface area contributed by atoms with E-state index in [9.17, 15) is 4.79 Å². The van der Waals surface area contributed by atoms with Gasteiger partial charge in [0.1, 0.15) is 0 Å². The fourth-order valence-corrected chi connectivity index (χ4v) is 4.43. The van der Waals surface area contributed by atoms with Crippen LogP contribution in [0.25, 0.3) is 0 Å². The van der Waals surface area contributed by atoms with Gasteiger partial charge < -0.3 is 10.6 Å². The van der Waals surface area contributed by atoms with Gasteiger partial charge in [0.05, 0.1) is 11.7 Å². The minimum absolute atomic E-state index is 0.0551. The Morgan fingerprint density at radius 2 is 2.25 bits per heavy atom. The van der Waals surface area contributed by atoms with Crippen molar-refractivity contribution in [1.82, 2.24) is 15.2 Å². The molecule has 1 unspecified atom stereocenters. The molecule has 0 spiro atoms. The van der Waals surface area contributed by atoms with E-state index in [-0.39, 0.29) is 11.9 Å². The Morgan fingerprint density at radius 1 is 1.38 bits per heavy atom. The van der Waals surface area contributed by atoms with Gasteiger partial charge in [-0.2, -0.15) is 0 Å². The molecule has 0 aliphatic carbocycles. The Bertz CT molecular complexity index is 709. The zero-order valence-corrected chi connectivity index (χ0v) is 14.4. The number of anilines is 1. The lowest BCUT2D eigenvalue weighted by Crippen LogP contribution is -2.35. The van der Waals surface area contributed by atoms with Crippen LogP contribution in [0.1, 0.15) is 29.0 Å². The molecule has 6 heteroatoms. The van der Waals surface area contributed by atoms with Crippen LogP contribution in [0.15, 0.2) is 30.3 Å². The SMILES string of the molecule is O=C(Nc1nc2c(s1)CN(Cc1ccccc1)CC2)C1CCCN1. The molecular formula is C18H22N4OS. The van der Waals surface area contributed by atoms with Crippen LogP contribution in [-0.2, 0) is 24.3 Å². The van der Waals surface area contributed by atoms with Crippen molar-refractivity contribution in [2.24, 2.45) is 0 Å². The fraction of sp³-hybridized carbons (Fsp3) is 0.444. The van der Waals surface area contributed by atoms with E-state index in [2.05, 4.69) is 50.8 Å². The third kappa shape index (κ3) is 3.50. The number of amides is 1. The van der Waals surface area contributed by atoms with E-state index < -0.39 is 0 Å². The number of carbonyl (C=O) groups is 1. The lowest BCUT2D eigenvalue weighted by molar-refractivity contribution is -0.117. The second kappa shape index (κ2) is 7.01. The molecule has 126 valence electrons. The molecule has 0 bridgehead atoms. The summed E-state index contributed by atoms with van der Waals surface area (Å²) in [5, 5.41) is 6.97. The first-order valence-electron chi connectivity index (χ1n) is 8.57. The highest BCUT2D eigenvalue weighted by Gasteiger charge is 2.25. The number of rotatable bonds is 4. The van der Waals surface area contributed by atoms with Crippen molar-refractivity contribution in [2.75, 3.05) is 18.4 Å². The van der Waals surface area contributed by atoms with Crippen molar-refractivity contribution < 1.29 is 4.79 Å². The number of nitrogens with one attached hydrogen (secondary N) is 2. The van der Waals surface area contributed by atoms with E-state index in [0.717, 1.165) is 56.3 Å². The first-order chi connectivity index (χ1) is 11.8. The maximum atomic E-state index is 12.2. The molecule has 2 aromatic rings. The highest BCUT2D eigenvalue weighted by molar-refractivity contribution is 7.15. The van der Waals surface area contributed by atoms with Crippen LogP contribution in [0.5, 0.6) is 0 Å². The van der Waals surface area contributed by atoms with E-state index >= 15 is 0 Å². The maximum Gasteiger partial charge on any atom is 0.243 e. The summed E-state index contributed by atoms with van der Waals surface area (Å²) in [6, 6.07) is 10.5. The van der Waals surface area contributed by atoms with Gasteiger partial charge in [-0.25, -0.2) is 4.98 Å². The van der Waals surface area contributed by atoms with E-state index in [4.69, 9.17) is 0 Å². The third-order valence-corrected chi connectivity index (χ3v) is 5.66. The van der Waals surface area contributed by atoms with Crippen LogP contribution in [0, 0.1) is 0 Å². The third-order valence-electron chi connectivity index (χ3n) is 4.67. The molecule has 5 nitrogen and oxygen atoms in total. The van der Waals surface area contributed by atoms with Gasteiger partial charge in [0, 0.05) is 30.9 Å². The summed E-state index contributed by atoms with van der Waals surface area (Å²) in [6.07, 6.45) is 2.94. The number of fused-ring (bicyclic) bond motifs is 1. The normalized spacial score (nSPS) is 20.8. The summed E-state index contributed by atoms with van der Waals surface area (Å²) >= 11 is 1.62. The zero-order valence-electron chi connectivity index (χ0n) is 13.6. The first kappa shape index (κ1) is 15.7. The predicted octanol–water partition coefficient (Wildman–Crippen LogP) is 2.39. The lowest BCUT2D eigenvalue weighted by Gasteiger charge is -2.25. The quantitative estimate of drug-likeness (QED) is 0.896. The summed E-state index contributed by atoms with van der Waals surface area (Å²) in [4.78, 5) is 20.6. The Balaban J connectivity index is 1.39. The van der Waals surface area contributed by atoms with Gasteiger partial charge in [-0.05, 0) is 24.9 Å². The smallest absolute Gasteiger partial charge is 0.243 e. The van der Waals surface area contributed by atoms with Gasteiger partial charge in [-0.3, -0.25) is 9.69 Å². The minimum atomic E-state index is -0.0551. The zero-order chi connectivity index (χ0) is 16.4. The number of thiazole rings is 1. The van der Waals surface area contributed by atoms with Crippen LogP contribution < -0.4 is 10.6 Å². The molecule has 3 heterocycles. The molecule has 1 aromatic carbocycles. The molecule has 1 fully saturated rings. The van der Waals surface area contributed by atoms with Crippen LogP contribution in [0.3, 0.4) is 0 Å². The summed E-state index contributed by atoms with van der Waals surface area (Å²) in [6.45, 7) is 3.83. The summed E-state index contributed by atoms with van der Waals surface area (Å²) in [7, 11) is 0. The largest absolute Gasteiger partial charge is 0.306 e. The van der Waals surface area contributed by atoms with E-state index in [1.165, 1.54) is 10.4 Å². The van der Waals surface area contributed by atoms with E-state index in [1.54, 1.807) is 11.3 Å². The summed E-state index contributed by atoms with van der Waals surface area (Å²) in [5.74, 6) is 0.0553. The molecule has 2 aliphatic rings. The molecule has 4 rings (SSSR count). The summed E-state index contributed by atoms with van der Waals surface area (Å²) < 4.78 is 0. The van der Waals surface area contributed by atoms with Crippen LogP contribution >= 0.6 is 11.3 Å². The van der Waals surface area contributed by atoms with Crippen molar-refractivity contribution in [1.29, 1.82) is 0 Å². The molecule has 0 saturated carbocycles. The average molecular weight is 342 g/mol. The Labute approximate surface area is 146 Å². The molecule has 2 aliphatic heterocycles. The molecular weight excluding hydrogens is 320 g/mol. The van der Waals surface area contributed by atoms with Gasteiger partial charge >= 0.3 is 0 Å². The predicted molar refractivity (Wildman–Crippen MR) is 96.0 cm³/mol. The molecule has 2 N–H and O–H groups in total. The average Bonchev–Trinajstić information content (AvgIpc) is 3.24. The summed E-state index contributed by atoms with van der Waals surface area (Å²) in [5.41, 5.74) is 2.49. The van der Waals surface area contributed by atoms with Crippen molar-refractivity contribution in [3.8, 4) is 0 Å². The molecule has 1 saturated heterocycles. The van der Waals surface area contributed by atoms with Crippen molar-refractivity contribution >= 4 is 22.4 Å². The van der Waals surface area contributed by atoms with Gasteiger partial charge in [0.2, 0.25) is 5.91 Å². The van der Waals surface area contributed by atoms with Gasteiger partial charge in [0.15, 0.2) is 5.13 Å². The monoisotopic (exact) mass is 342 g/mol. The Morgan fingerprint density at radius 3 is 3.04 bits per heavy atom. The highest BCUT2D eigenvalue weighted by Crippen LogP contribution is 2.29. The number of aromatic nitrogens is 1. The van der Waals surface area contributed by atoms with Crippen molar-refractivity contribution in [2.45, 2.75) is 38.4 Å².